The summed E-state index contributed by atoms with van der Waals surface area (Å²) in [4.78, 5) is 0. The van der Waals surface area contributed by atoms with E-state index in [4.69, 9.17) is 11.6 Å². The van der Waals surface area contributed by atoms with Crippen molar-refractivity contribution in [3.05, 3.63) is 34.4 Å². The molecule has 20 heavy (non-hydrogen) atoms. The van der Waals surface area contributed by atoms with Gasteiger partial charge in [-0.15, -0.1) is 0 Å². The van der Waals surface area contributed by atoms with Crippen LogP contribution in [0.4, 0.5) is 0 Å². The van der Waals surface area contributed by atoms with E-state index < -0.39 is 0 Å². The molecule has 0 saturated carbocycles. The highest BCUT2D eigenvalue weighted by atomic mass is 35.5. The van der Waals surface area contributed by atoms with Crippen molar-refractivity contribution in [2.75, 3.05) is 7.05 Å². The van der Waals surface area contributed by atoms with E-state index in [1.807, 2.05) is 23.3 Å². The van der Waals surface area contributed by atoms with E-state index in [1.54, 1.807) is 6.20 Å². The fourth-order valence-corrected chi connectivity index (χ4v) is 2.75. The molecule has 6 heteroatoms. The lowest BCUT2D eigenvalue weighted by Gasteiger charge is -2.21. The van der Waals surface area contributed by atoms with Crippen LogP contribution < -0.4 is 5.32 Å². The van der Waals surface area contributed by atoms with Crippen LogP contribution in [0, 0.1) is 6.92 Å². The van der Waals surface area contributed by atoms with Gasteiger partial charge >= 0.3 is 0 Å². The zero-order valence-electron chi connectivity index (χ0n) is 12.7. The SMILES string of the molecule is CCn1nc(C)cc1C(NC)c1c(Cl)cnn1C(C)C. The number of nitrogens with one attached hydrogen (secondary N) is 1. The maximum atomic E-state index is 6.36. The second-order valence-electron chi connectivity index (χ2n) is 5.16. The van der Waals surface area contributed by atoms with Crippen molar-refractivity contribution in [2.45, 2.75) is 46.3 Å². The highest BCUT2D eigenvalue weighted by Gasteiger charge is 2.25. The van der Waals surface area contributed by atoms with Crippen LogP contribution in [-0.4, -0.2) is 26.6 Å². The molecule has 2 aromatic heterocycles. The van der Waals surface area contributed by atoms with Gasteiger partial charge in [-0.25, -0.2) is 0 Å². The lowest BCUT2D eigenvalue weighted by Crippen LogP contribution is -2.25. The lowest BCUT2D eigenvalue weighted by molar-refractivity contribution is 0.469. The van der Waals surface area contributed by atoms with Gasteiger partial charge in [-0.05, 0) is 40.8 Å². The normalized spacial score (nSPS) is 13.2. The van der Waals surface area contributed by atoms with Crippen molar-refractivity contribution < 1.29 is 0 Å². The van der Waals surface area contributed by atoms with Gasteiger partial charge in [-0.2, -0.15) is 10.2 Å². The van der Waals surface area contributed by atoms with Crippen molar-refractivity contribution in [1.29, 1.82) is 0 Å². The number of aromatic nitrogens is 4. The van der Waals surface area contributed by atoms with Gasteiger partial charge in [0.05, 0.1) is 34.3 Å². The number of hydrogen-bond acceptors (Lipinski definition) is 3. The van der Waals surface area contributed by atoms with Crippen LogP contribution in [0.2, 0.25) is 5.02 Å². The molecule has 0 aliphatic rings. The summed E-state index contributed by atoms with van der Waals surface area (Å²) in [6.07, 6.45) is 1.71. The van der Waals surface area contributed by atoms with Crippen molar-refractivity contribution in [1.82, 2.24) is 24.9 Å². The average molecular weight is 296 g/mol. The molecular weight excluding hydrogens is 274 g/mol. The first-order chi connectivity index (χ1) is 9.49. The Morgan fingerprint density at radius 1 is 1.40 bits per heavy atom. The molecule has 0 radical (unpaired) electrons. The molecule has 0 aromatic carbocycles. The standard InChI is InChI=1S/C14H22ClN5/c1-6-19-12(7-10(4)18-19)13(16-5)14-11(15)8-17-20(14)9(2)3/h7-9,13,16H,6H2,1-5H3. The molecule has 0 spiro atoms. The highest BCUT2D eigenvalue weighted by Crippen LogP contribution is 2.30. The Morgan fingerprint density at radius 3 is 2.65 bits per heavy atom. The Morgan fingerprint density at radius 2 is 2.10 bits per heavy atom. The van der Waals surface area contributed by atoms with Crippen molar-refractivity contribution >= 4 is 11.6 Å². The molecule has 0 fully saturated rings. The number of halogens is 1. The Balaban J connectivity index is 2.55. The van der Waals surface area contributed by atoms with E-state index in [0.717, 1.165) is 23.6 Å². The van der Waals surface area contributed by atoms with Gasteiger partial charge in [0.2, 0.25) is 0 Å². The summed E-state index contributed by atoms with van der Waals surface area (Å²) >= 11 is 6.36. The average Bonchev–Trinajstić information content (AvgIpc) is 2.95. The molecule has 2 aromatic rings. The third-order valence-corrected chi connectivity index (χ3v) is 3.66. The number of rotatable bonds is 5. The van der Waals surface area contributed by atoms with Gasteiger partial charge in [0, 0.05) is 12.6 Å². The summed E-state index contributed by atoms with van der Waals surface area (Å²) in [6.45, 7) is 9.12. The van der Waals surface area contributed by atoms with Gasteiger partial charge in [0.25, 0.3) is 0 Å². The third kappa shape index (κ3) is 2.60. The van der Waals surface area contributed by atoms with Crippen LogP contribution in [0.1, 0.15) is 49.9 Å². The molecule has 0 bridgehead atoms. The molecule has 0 amide bonds. The fourth-order valence-electron chi connectivity index (χ4n) is 2.51. The van der Waals surface area contributed by atoms with Gasteiger partial charge in [-0.3, -0.25) is 9.36 Å². The van der Waals surface area contributed by atoms with Crippen molar-refractivity contribution in [3.8, 4) is 0 Å². The van der Waals surface area contributed by atoms with Crippen LogP contribution in [0.25, 0.3) is 0 Å². The molecule has 1 atom stereocenters. The molecule has 1 unspecified atom stereocenters. The topological polar surface area (TPSA) is 47.7 Å². The molecule has 110 valence electrons. The van der Waals surface area contributed by atoms with E-state index in [2.05, 4.69) is 42.4 Å². The predicted octanol–water partition coefficient (Wildman–Crippen LogP) is 2.95. The molecule has 5 nitrogen and oxygen atoms in total. The zero-order chi connectivity index (χ0) is 14.9. The van der Waals surface area contributed by atoms with E-state index >= 15 is 0 Å². The number of aryl methyl sites for hydroxylation is 2. The summed E-state index contributed by atoms with van der Waals surface area (Å²) in [5, 5.41) is 12.9. The van der Waals surface area contributed by atoms with E-state index in [0.29, 0.717) is 5.02 Å². The third-order valence-electron chi connectivity index (χ3n) is 3.37. The Labute approximate surface area is 124 Å². The number of hydrogen-bond donors (Lipinski definition) is 1. The molecule has 2 rings (SSSR count). The van der Waals surface area contributed by atoms with Crippen LogP contribution in [0.15, 0.2) is 12.3 Å². The largest absolute Gasteiger partial charge is 0.307 e. The minimum atomic E-state index is -0.0199. The van der Waals surface area contributed by atoms with Gasteiger partial charge in [0.15, 0.2) is 0 Å². The van der Waals surface area contributed by atoms with Crippen LogP contribution in [0.3, 0.4) is 0 Å². The van der Waals surface area contributed by atoms with E-state index in [-0.39, 0.29) is 12.1 Å². The van der Waals surface area contributed by atoms with Gasteiger partial charge < -0.3 is 5.32 Å². The Hall–Kier alpha value is -1.33. The molecule has 2 heterocycles. The first-order valence-electron chi connectivity index (χ1n) is 6.94. The van der Waals surface area contributed by atoms with Crippen molar-refractivity contribution in [2.24, 2.45) is 0 Å². The van der Waals surface area contributed by atoms with Gasteiger partial charge in [0.1, 0.15) is 0 Å². The predicted molar refractivity (Wildman–Crippen MR) is 81.2 cm³/mol. The second kappa shape index (κ2) is 5.97. The fraction of sp³-hybridized carbons (Fsp3) is 0.571. The van der Waals surface area contributed by atoms with E-state index in [1.165, 1.54) is 0 Å². The molecule has 0 aliphatic heterocycles. The molecule has 1 N–H and O–H groups in total. The first-order valence-corrected chi connectivity index (χ1v) is 7.31. The quantitative estimate of drug-likeness (QED) is 0.922. The number of nitrogens with zero attached hydrogens (tertiary/aromatic N) is 4. The zero-order valence-corrected chi connectivity index (χ0v) is 13.4. The second-order valence-corrected chi connectivity index (χ2v) is 5.57. The summed E-state index contributed by atoms with van der Waals surface area (Å²) in [5.74, 6) is 0. The van der Waals surface area contributed by atoms with Crippen molar-refractivity contribution in [3.63, 3.8) is 0 Å². The van der Waals surface area contributed by atoms with Crippen LogP contribution in [0.5, 0.6) is 0 Å². The smallest absolute Gasteiger partial charge is 0.0931 e. The molecule has 0 saturated heterocycles. The first kappa shape index (κ1) is 15.1. The maximum Gasteiger partial charge on any atom is 0.0931 e. The van der Waals surface area contributed by atoms with Crippen LogP contribution in [-0.2, 0) is 6.54 Å². The van der Waals surface area contributed by atoms with Gasteiger partial charge in [-0.1, -0.05) is 11.6 Å². The summed E-state index contributed by atoms with van der Waals surface area (Å²) in [5.41, 5.74) is 3.10. The molecular formula is C14H22ClN5. The maximum absolute atomic E-state index is 6.36. The lowest BCUT2D eigenvalue weighted by atomic mass is 10.1. The van der Waals surface area contributed by atoms with Crippen LogP contribution >= 0.6 is 11.6 Å². The minimum Gasteiger partial charge on any atom is -0.307 e. The highest BCUT2D eigenvalue weighted by molar-refractivity contribution is 6.31. The summed E-state index contributed by atoms with van der Waals surface area (Å²) in [6, 6.07) is 2.33. The van der Waals surface area contributed by atoms with E-state index in [9.17, 15) is 0 Å². The Bertz CT molecular complexity index is 584. The molecule has 0 aliphatic carbocycles. The summed E-state index contributed by atoms with van der Waals surface area (Å²) in [7, 11) is 1.93. The minimum absolute atomic E-state index is 0.0199. The summed E-state index contributed by atoms with van der Waals surface area (Å²) < 4.78 is 3.97. The monoisotopic (exact) mass is 295 g/mol. The Kier molecular flexibility index (Phi) is 4.50.